The molecule has 0 aliphatic carbocycles. The quantitative estimate of drug-likeness (QED) is 0.868. The molecule has 1 unspecified atom stereocenters. The van der Waals surface area contributed by atoms with Gasteiger partial charge in [-0.3, -0.25) is 4.79 Å². The summed E-state index contributed by atoms with van der Waals surface area (Å²) in [7, 11) is 0. The lowest BCUT2D eigenvalue weighted by Crippen LogP contribution is -2.29. The van der Waals surface area contributed by atoms with E-state index in [-0.39, 0.29) is 5.91 Å². The maximum atomic E-state index is 12.0. The van der Waals surface area contributed by atoms with Crippen LogP contribution in [0.5, 0.6) is 0 Å². The van der Waals surface area contributed by atoms with E-state index in [0.29, 0.717) is 18.9 Å². The van der Waals surface area contributed by atoms with Gasteiger partial charge in [0.15, 0.2) is 0 Å². The molecule has 0 aromatic carbocycles. The summed E-state index contributed by atoms with van der Waals surface area (Å²) in [4.78, 5) is 26.4. The first-order valence-corrected chi connectivity index (χ1v) is 7.63. The number of amides is 1. The summed E-state index contributed by atoms with van der Waals surface area (Å²) in [6.07, 6.45) is 5.39. The van der Waals surface area contributed by atoms with Crippen LogP contribution in [0.1, 0.15) is 35.9 Å². The van der Waals surface area contributed by atoms with E-state index in [1.807, 2.05) is 17.0 Å². The van der Waals surface area contributed by atoms with Crippen LogP contribution in [0.25, 0.3) is 6.08 Å². The number of carboxylic acid groups (broad SMARTS) is 1. The van der Waals surface area contributed by atoms with Crippen molar-refractivity contribution in [1.82, 2.24) is 4.90 Å². The second-order valence-corrected chi connectivity index (χ2v) is 6.42. The van der Waals surface area contributed by atoms with Crippen molar-refractivity contribution in [3.05, 3.63) is 28.0 Å². The smallest absolute Gasteiger partial charge is 0.328 e. The number of rotatable bonds is 4. The van der Waals surface area contributed by atoms with Gasteiger partial charge in [0.1, 0.15) is 0 Å². The molecule has 1 aliphatic heterocycles. The van der Waals surface area contributed by atoms with Crippen molar-refractivity contribution < 1.29 is 14.7 Å². The van der Waals surface area contributed by atoms with Gasteiger partial charge >= 0.3 is 5.97 Å². The second-order valence-electron chi connectivity index (χ2n) is 5.22. The fourth-order valence-corrected chi connectivity index (χ4v) is 3.18. The molecule has 5 heteroatoms. The molecule has 2 rings (SSSR count). The fourth-order valence-electron chi connectivity index (χ4n) is 2.25. The van der Waals surface area contributed by atoms with Crippen molar-refractivity contribution in [2.75, 3.05) is 6.54 Å². The maximum Gasteiger partial charge on any atom is 0.328 e. The Morgan fingerprint density at radius 3 is 3.05 bits per heavy atom. The molecule has 20 heavy (non-hydrogen) atoms. The molecule has 1 saturated heterocycles. The Morgan fingerprint density at radius 2 is 2.30 bits per heavy atom. The number of likely N-dealkylation sites (tertiary alicyclic amines) is 1. The van der Waals surface area contributed by atoms with Crippen LogP contribution >= 0.6 is 11.3 Å². The number of hydrogen-bond acceptors (Lipinski definition) is 3. The number of hydrogen-bond donors (Lipinski definition) is 1. The first-order valence-electron chi connectivity index (χ1n) is 6.82. The summed E-state index contributed by atoms with van der Waals surface area (Å²) >= 11 is 1.53. The number of aliphatic carboxylic acids is 1. The first kappa shape index (κ1) is 14.8. The Labute approximate surface area is 122 Å². The predicted molar refractivity (Wildman–Crippen MR) is 79.4 cm³/mol. The van der Waals surface area contributed by atoms with Gasteiger partial charge in [0.2, 0.25) is 5.91 Å². The van der Waals surface area contributed by atoms with E-state index in [2.05, 4.69) is 6.92 Å². The largest absolute Gasteiger partial charge is 0.478 e. The van der Waals surface area contributed by atoms with E-state index >= 15 is 0 Å². The Bertz CT molecular complexity index is 521. The standard InChI is InChI=1S/C15H19NO3S/c1-11-2-6-14(17)16(9-8-11)10-13-4-3-12(20-13)5-7-15(18)19/h3-5,7,11H,2,6,8-10H2,1H3,(H,18,19). The molecule has 0 bridgehead atoms. The highest BCUT2D eigenvalue weighted by Gasteiger charge is 2.20. The van der Waals surface area contributed by atoms with Gasteiger partial charge in [-0.1, -0.05) is 6.92 Å². The van der Waals surface area contributed by atoms with Crippen molar-refractivity contribution in [2.24, 2.45) is 5.92 Å². The fraction of sp³-hybridized carbons (Fsp3) is 0.467. The van der Waals surface area contributed by atoms with Crippen molar-refractivity contribution in [1.29, 1.82) is 0 Å². The van der Waals surface area contributed by atoms with Gasteiger partial charge in [-0.05, 0) is 37.0 Å². The molecule has 1 N–H and O–H groups in total. The second kappa shape index (κ2) is 6.70. The summed E-state index contributed by atoms with van der Waals surface area (Å²) in [5, 5.41) is 8.60. The SMILES string of the molecule is CC1CCC(=O)N(Cc2ccc(C=CC(=O)O)s2)CC1. The lowest BCUT2D eigenvalue weighted by atomic mass is 10.0. The van der Waals surface area contributed by atoms with E-state index in [1.165, 1.54) is 11.3 Å². The molecule has 1 fully saturated rings. The van der Waals surface area contributed by atoms with E-state index < -0.39 is 5.97 Å². The monoisotopic (exact) mass is 293 g/mol. The first-order chi connectivity index (χ1) is 9.54. The average Bonchev–Trinajstić information content (AvgIpc) is 2.79. The van der Waals surface area contributed by atoms with Crippen LogP contribution in [0.15, 0.2) is 18.2 Å². The molecule has 1 aromatic heterocycles. The molecule has 1 amide bonds. The van der Waals surface area contributed by atoms with Crippen LogP contribution in [0, 0.1) is 5.92 Å². The summed E-state index contributed by atoms with van der Waals surface area (Å²) < 4.78 is 0. The number of carbonyl (C=O) groups excluding carboxylic acids is 1. The Balaban J connectivity index is 1.99. The maximum absolute atomic E-state index is 12.0. The molecule has 0 spiro atoms. The predicted octanol–water partition coefficient (Wildman–Crippen LogP) is 2.99. The number of nitrogens with zero attached hydrogens (tertiary/aromatic N) is 1. The molecular weight excluding hydrogens is 274 g/mol. The van der Waals surface area contributed by atoms with Crippen LogP contribution in [-0.4, -0.2) is 28.4 Å². The minimum Gasteiger partial charge on any atom is -0.478 e. The van der Waals surface area contributed by atoms with E-state index in [9.17, 15) is 9.59 Å². The van der Waals surface area contributed by atoms with Gasteiger partial charge in [-0.2, -0.15) is 0 Å². The molecular formula is C15H19NO3S. The van der Waals surface area contributed by atoms with Gasteiger partial charge < -0.3 is 10.0 Å². The topological polar surface area (TPSA) is 57.6 Å². The summed E-state index contributed by atoms with van der Waals surface area (Å²) in [5.74, 6) is -0.108. The molecule has 0 saturated carbocycles. The molecule has 2 heterocycles. The lowest BCUT2D eigenvalue weighted by molar-refractivity contribution is -0.132. The van der Waals surface area contributed by atoms with Gasteiger partial charge in [0.25, 0.3) is 0 Å². The Morgan fingerprint density at radius 1 is 1.50 bits per heavy atom. The van der Waals surface area contributed by atoms with Gasteiger partial charge in [0, 0.05) is 28.8 Å². The van der Waals surface area contributed by atoms with E-state index in [1.54, 1.807) is 6.08 Å². The third kappa shape index (κ3) is 4.20. The van der Waals surface area contributed by atoms with E-state index in [0.717, 1.165) is 35.2 Å². The summed E-state index contributed by atoms with van der Waals surface area (Å²) in [6.45, 7) is 3.64. The zero-order valence-corrected chi connectivity index (χ0v) is 12.4. The number of thiophene rings is 1. The summed E-state index contributed by atoms with van der Waals surface area (Å²) in [5.41, 5.74) is 0. The molecule has 1 aromatic rings. The minimum absolute atomic E-state index is 0.227. The highest BCUT2D eigenvalue weighted by atomic mass is 32.1. The third-order valence-corrected chi connectivity index (χ3v) is 4.55. The normalized spacial score (nSPS) is 20.4. The highest BCUT2D eigenvalue weighted by Crippen LogP contribution is 2.23. The van der Waals surface area contributed by atoms with Gasteiger partial charge in [0.05, 0.1) is 6.54 Å². The van der Waals surface area contributed by atoms with Gasteiger partial charge in [-0.15, -0.1) is 11.3 Å². The van der Waals surface area contributed by atoms with Crippen LogP contribution in [0.3, 0.4) is 0 Å². The Kier molecular flexibility index (Phi) is 4.95. The van der Waals surface area contributed by atoms with E-state index in [4.69, 9.17) is 5.11 Å². The summed E-state index contributed by atoms with van der Waals surface area (Å²) in [6, 6.07) is 3.86. The number of carbonyl (C=O) groups is 2. The highest BCUT2D eigenvalue weighted by molar-refractivity contribution is 7.12. The lowest BCUT2D eigenvalue weighted by Gasteiger charge is -2.19. The van der Waals surface area contributed by atoms with Crippen molar-refractivity contribution >= 4 is 29.3 Å². The molecule has 1 aliphatic rings. The molecule has 0 radical (unpaired) electrons. The van der Waals surface area contributed by atoms with Crippen LogP contribution in [0.4, 0.5) is 0 Å². The zero-order valence-electron chi connectivity index (χ0n) is 11.5. The van der Waals surface area contributed by atoms with Crippen LogP contribution in [-0.2, 0) is 16.1 Å². The Hall–Kier alpha value is -1.62. The third-order valence-electron chi connectivity index (χ3n) is 3.51. The van der Waals surface area contributed by atoms with Crippen molar-refractivity contribution in [3.63, 3.8) is 0 Å². The van der Waals surface area contributed by atoms with Crippen molar-refractivity contribution in [3.8, 4) is 0 Å². The van der Waals surface area contributed by atoms with Crippen LogP contribution < -0.4 is 0 Å². The van der Waals surface area contributed by atoms with Crippen LogP contribution in [0.2, 0.25) is 0 Å². The average molecular weight is 293 g/mol. The van der Waals surface area contributed by atoms with Crippen molar-refractivity contribution in [2.45, 2.75) is 32.7 Å². The molecule has 4 nitrogen and oxygen atoms in total. The number of carboxylic acids is 1. The van der Waals surface area contributed by atoms with Gasteiger partial charge in [-0.25, -0.2) is 4.79 Å². The minimum atomic E-state index is -0.948. The zero-order chi connectivity index (χ0) is 14.5. The molecule has 1 atom stereocenters. The molecule has 108 valence electrons.